The van der Waals surface area contributed by atoms with Gasteiger partial charge in [0.1, 0.15) is 10.8 Å². The maximum atomic E-state index is 12.2. The Balaban J connectivity index is 2.03. The zero-order valence-corrected chi connectivity index (χ0v) is 14.2. The third kappa shape index (κ3) is 4.56. The van der Waals surface area contributed by atoms with Gasteiger partial charge in [-0.15, -0.1) is 11.3 Å². The maximum Gasteiger partial charge on any atom is 0.340 e. The van der Waals surface area contributed by atoms with E-state index in [9.17, 15) is 9.59 Å². The number of ether oxygens (including phenoxy) is 2. The summed E-state index contributed by atoms with van der Waals surface area (Å²) in [5.41, 5.74) is 1.26. The van der Waals surface area contributed by atoms with Gasteiger partial charge in [0, 0.05) is 4.88 Å². The van der Waals surface area contributed by atoms with E-state index in [0.29, 0.717) is 17.2 Å². The van der Waals surface area contributed by atoms with E-state index in [1.54, 1.807) is 6.07 Å². The Morgan fingerprint density at radius 3 is 2.52 bits per heavy atom. The van der Waals surface area contributed by atoms with Crippen LogP contribution in [0.1, 0.15) is 27.7 Å². The van der Waals surface area contributed by atoms with Gasteiger partial charge >= 0.3 is 5.97 Å². The van der Waals surface area contributed by atoms with Crippen molar-refractivity contribution in [2.45, 2.75) is 20.3 Å². The van der Waals surface area contributed by atoms with Crippen molar-refractivity contribution in [3.8, 4) is 5.75 Å². The van der Waals surface area contributed by atoms with Crippen LogP contribution in [-0.4, -0.2) is 25.6 Å². The number of esters is 1. The van der Waals surface area contributed by atoms with E-state index in [4.69, 9.17) is 9.47 Å². The number of aryl methyl sites for hydroxylation is 1. The van der Waals surface area contributed by atoms with E-state index < -0.39 is 5.97 Å². The first-order valence-electron chi connectivity index (χ1n) is 7.23. The molecule has 2 rings (SSSR count). The summed E-state index contributed by atoms with van der Waals surface area (Å²) in [4.78, 5) is 24.8. The molecule has 0 unspecified atom stereocenters. The van der Waals surface area contributed by atoms with Crippen molar-refractivity contribution >= 4 is 28.2 Å². The van der Waals surface area contributed by atoms with E-state index in [-0.39, 0.29) is 12.3 Å². The number of carbonyl (C=O) groups is 2. The van der Waals surface area contributed by atoms with Gasteiger partial charge in [0.25, 0.3) is 0 Å². The largest absolute Gasteiger partial charge is 0.494 e. The average Bonchev–Trinajstić information content (AvgIpc) is 2.89. The molecule has 122 valence electrons. The molecule has 1 heterocycles. The summed E-state index contributed by atoms with van der Waals surface area (Å²) < 4.78 is 10.1. The molecule has 0 fully saturated rings. The first-order valence-corrected chi connectivity index (χ1v) is 8.05. The molecule has 0 spiro atoms. The Kier molecular flexibility index (Phi) is 5.76. The van der Waals surface area contributed by atoms with Gasteiger partial charge in [-0.2, -0.15) is 0 Å². The Labute approximate surface area is 139 Å². The molecule has 0 aliphatic carbocycles. The van der Waals surface area contributed by atoms with Crippen molar-refractivity contribution < 1.29 is 19.1 Å². The van der Waals surface area contributed by atoms with Gasteiger partial charge < -0.3 is 14.8 Å². The summed E-state index contributed by atoms with van der Waals surface area (Å²) >= 11 is 1.35. The molecular formula is C17H19NO4S. The van der Waals surface area contributed by atoms with E-state index >= 15 is 0 Å². The van der Waals surface area contributed by atoms with Crippen molar-refractivity contribution in [1.29, 1.82) is 0 Å². The molecule has 2 aromatic rings. The Hall–Kier alpha value is -2.34. The van der Waals surface area contributed by atoms with Crippen molar-refractivity contribution in [1.82, 2.24) is 0 Å². The van der Waals surface area contributed by atoms with Crippen molar-refractivity contribution in [2.75, 3.05) is 19.0 Å². The van der Waals surface area contributed by atoms with Crippen LogP contribution in [-0.2, 0) is 16.0 Å². The molecule has 1 amide bonds. The number of rotatable bonds is 6. The minimum atomic E-state index is -0.453. The minimum Gasteiger partial charge on any atom is -0.494 e. The fourth-order valence-electron chi connectivity index (χ4n) is 2.10. The van der Waals surface area contributed by atoms with Gasteiger partial charge in [-0.3, -0.25) is 4.79 Å². The van der Waals surface area contributed by atoms with E-state index in [2.05, 4.69) is 5.32 Å². The number of benzene rings is 1. The standard InChI is InChI=1S/C17H19NO4S/c1-4-22-13-7-5-12(6-8-13)10-15(19)18-16-14(17(20)21-3)9-11(2)23-16/h5-9H,4,10H2,1-3H3,(H,18,19). The van der Waals surface area contributed by atoms with Crippen molar-refractivity contribution in [3.63, 3.8) is 0 Å². The summed E-state index contributed by atoms with van der Waals surface area (Å²) in [5.74, 6) is 0.144. The van der Waals surface area contributed by atoms with Gasteiger partial charge in [-0.1, -0.05) is 12.1 Å². The number of hydrogen-bond acceptors (Lipinski definition) is 5. The molecule has 23 heavy (non-hydrogen) atoms. The zero-order chi connectivity index (χ0) is 16.8. The monoisotopic (exact) mass is 333 g/mol. The summed E-state index contributed by atoms with van der Waals surface area (Å²) in [7, 11) is 1.32. The summed E-state index contributed by atoms with van der Waals surface area (Å²) in [6.45, 7) is 4.40. The van der Waals surface area contributed by atoms with Crippen LogP contribution < -0.4 is 10.1 Å². The predicted octanol–water partition coefficient (Wildman–Crippen LogP) is 3.42. The molecule has 0 saturated heterocycles. The summed E-state index contributed by atoms with van der Waals surface area (Å²) in [6, 6.07) is 9.09. The third-order valence-electron chi connectivity index (χ3n) is 3.11. The van der Waals surface area contributed by atoms with E-state index in [1.807, 2.05) is 38.1 Å². The fraction of sp³-hybridized carbons (Fsp3) is 0.294. The molecule has 1 aromatic carbocycles. The second-order valence-corrected chi connectivity index (χ2v) is 6.15. The highest BCUT2D eigenvalue weighted by Gasteiger charge is 2.17. The highest BCUT2D eigenvalue weighted by Crippen LogP contribution is 2.28. The van der Waals surface area contributed by atoms with Crippen LogP contribution in [0.2, 0.25) is 0 Å². The molecule has 5 nitrogen and oxygen atoms in total. The normalized spacial score (nSPS) is 10.2. The molecule has 1 N–H and O–H groups in total. The van der Waals surface area contributed by atoms with Crippen LogP contribution in [0.4, 0.5) is 5.00 Å². The quantitative estimate of drug-likeness (QED) is 0.823. The lowest BCUT2D eigenvalue weighted by atomic mass is 10.1. The van der Waals surface area contributed by atoms with Gasteiger partial charge in [0.15, 0.2) is 0 Å². The van der Waals surface area contributed by atoms with E-state index in [0.717, 1.165) is 16.2 Å². The van der Waals surface area contributed by atoms with Crippen LogP contribution in [0, 0.1) is 6.92 Å². The van der Waals surface area contributed by atoms with Crippen molar-refractivity contribution in [3.05, 3.63) is 46.3 Å². The highest BCUT2D eigenvalue weighted by molar-refractivity contribution is 7.16. The third-order valence-corrected chi connectivity index (χ3v) is 4.08. The first kappa shape index (κ1) is 17.0. The molecule has 0 bridgehead atoms. The number of hydrogen-bond donors (Lipinski definition) is 1. The van der Waals surface area contributed by atoms with Crippen LogP contribution in [0.5, 0.6) is 5.75 Å². The molecular weight excluding hydrogens is 314 g/mol. The number of anilines is 1. The lowest BCUT2D eigenvalue weighted by molar-refractivity contribution is -0.115. The second kappa shape index (κ2) is 7.78. The van der Waals surface area contributed by atoms with Crippen LogP contribution >= 0.6 is 11.3 Å². The molecule has 0 radical (unpaired) electrons. The fourth-order valence-corrected chi connectivity index (χ4v) is 3.01. The SMILES string of the molecule is CCOc1ccc(CC(=O)Nc2sc(C)cc2C(=O)OC)cc1. The lowest BCUT2D eigenvalue weighted by Crippen LogP contribution is -2.15. The van der Waals surface area contributed by atoms with Gasteiger partial charge in [-0.25, -0.2) is 4.79 Å². The number of amides is 1. The number of methoxy groups -OCH3 is 1. The summed E-state index contributed by atoms with van der Waals surface area (Å²) in [5, 5.41) is 3.30. The molecule has 1 aromatic heterocycles. The van der Waals surface area contributed by atoms with Crippen molar-refractivity contribution in [2.24, 2.45) is 0 Å². The topological polar surface area (TPSA) is 64.6 Å². The van der Waals surface area contributed by atoms with Crippen LogP contribution in [0.25, 0.3) is 0 Å². The summed E-state index contributed by atoms with van der Waals surface area (Å²) in [6.07, 6.45) is 0.226. The number of carbonyl (C=O) groups excluding carboxylic acids is 2. The smallest absolute Gasteiger partial charge is 0.340 e. The van der Waals surface area contributed by atoms with E-state index in [1.165, 1.54) is 18.4 Å². The lowest BCUT2D eigenvalue weighted by Gasteiger charge is -2.07. The Morgan fingerprint density at radius 1 is 1.22 bits per heavy atom. The van der Waals surface area contributed by atoms with Gasteiger partial charge in [-0.05, 0) is 37.6 Å². The molecule has 0 atom stereocenters. The molecule has 6 heteroatoms. The maximum absolute atomic E-state index is 12.2. The number of nitrogens with one attached hydrogen (secondary N) is 1. The molecule has 0 aliphatic heterocycles. The van der Waals surface area contributed by atoms with Crippen LogP contribution in [0.3, 0.4) is 0 Å². The van der Waals surface area contributed by atoms with Crippen LogP contribution in [0.15, 0.2) is 30.3 Å². The predicted molar refractivity (Wildman–Crippen MR) is 90.3 cm³/mol. The number of thiophene rings is 1. The second-order valence-electron chi connectivity index (χ2n) is 4.89. The van der Waals surface area contributed by atoms with Gasteiger partial charge in [0.05, 0.1) is 25.7 Å². The zero-order valence-electron chi connectivity index (χ0n) is 13.3. The first-order chi connectivity index (χ1) is 11.0. The average molecular weight is 333 g/mol. The Morgan fingerprint density at radius 2 is 1.91 bits per heavy atom. The molecule has 0 aliphatic rings. The molecule has 0 saturated carbocycles. The Bertz CT molecular complexity index is 691. The highest BCUT2D eigenvalue weighted by atomic mass is 32.1. The van der Waals surface area contributed by atoms with Gasteiger partial charge in [0.2, 0.25) is 5.91 Å². The minimum absolute atomic E-state index is 0.179.